The minimum Gasteiger partial charge on any atom is -0.374 e. The summed E-state index contributed by atoms with van der Waals surface area (Å²) in [5.74, 6) is 0.00632. The summed E-state index contributed by atoms with van der Waals surface area (Å²) in [7, 11) is 2.06. The zero-order valence-corrected chi connectivity index (χ0v) is 7.67. The van der Waals surface area contributed by atoms with Crippen LogP contribution in [0, 0.1) is 0 Å². The zero-order chi connectivity index (χ0) is 8.97. The quantitative estimate of drug-likeness (QED) is 0.608. The van der Waals surface area contributed by atoms with Crippen LogP contribution in [0.2, 0.25) is 0 Å². The molecule has 0 aromatic carbocycles. The van der Waals surface area contributed by atoms with Gasteiger partial charge < -0.3 is 15.0 Å². The van der Waals surface area contributed by atoms with E-state index in [0.717, 1.165) is 19.7 Å². The highest BCUT2D eigenvalue weighted by Crippen LogP contribution is 2.00. The largest absolute Gasteiger partial charge is 0.374 e. The number of ether oxygens (including phenoxy) is 1. The molecule has 0 saturated carbocycles. The summed E-state index contributed by atoms with van der Waals surface area (Å²) in [6.07, 6.45) is 0.160. The molecule has 1 aliphatic heterocycles. The first-order chi connectivity index (χ1) is 5.68. The van der Waals surface area contributed by atoms with Gasteiger partial charge in [0.1, 0.15) is 0 Å². The molecule has 0 spiro atoms. The van der Waals surface area contributed by atoms with Gasteiger partial charge in [0.2, 0.25) is 5.91 Å². The highest BCUT2D eigenvalue weighted by atomic mass is 16.5. The number of carbonyl (C=O) groups is 1. The molecule has 0 bridgehead atoms. The average molecular weight is 172 g/mol. The van der Waals surface area contributed by atoms with Crippen molar-refractivity contribution in [3.05, 3.63) is 0 Å². The number of nitrogens with one attached hydrogen (secondary N) is 1. The highest BCUT2D eigenvalue weighted by Gasteiger charge is 2.17. The molecular formula is C8H16N2O2. The number of likely N-dealkylation sites (N-methyl/N-ethyl adjacent to an activating group) is 1. The minimum absolute atomic E-state index is 0.00632. The van der Waals surface area contributed by atoms with Gasteiger partial charge in [-0.15, -0.1) is 0 Å². The number of morpholine rings is 1. The van der Waals surface area contributed by atoms with Gasteiger partial charge in [0, 0.05) is 26.6 Å². The van der Waals surface area contributed by atoms with Crippen molar-refractivity contribution in [3.63, 3.8) is 0 Å². The zero-order valence-electron chi connectivity index (χ0n) is 7.67. The highest BCUT2D eigenvalue weighted by molar-refractivity contribution is 5.72. The molecule has 1 amide bonds. The number of hydrogen-bond acceptors (Lipinski definition) is 3. The van der Waals surface area contributed by atoms with Gasteiger partial charge in [0.25, 0.3) is 0 Å². The lowest BCUT2D eigenvalue weighted by Crippen LogP contribution is -2.45. The van der Waals surface area contributed by atoms with E-state index in [1.165, 1.54) is 6.92 Å². The molecule has 4 heteroatoms. The van der Waals surface area contributed by atoms with E-state index in [4.69, 9.17) is 4.74 Å². The fraction of sp³-hybridized carbons (Fsp3) is 0.875. The van der Waals surface area contributed by atoms with Crippen molar-refractivity contribution in [1.29, 1.82) is 0 Å². The van der Waals surface area contributed by atoms with E-state index in [0.29, 0.717) is 6.54 Å². The van der Waals surface area contributed by atoms with Gasteiger partial charge in [0.05, 0.1) is 12.7 Å². The van der Waals surface area contributed by atoms with E-state index in [1.807, 2.05) is 0 Å². The summed E-state index contributed by atoms with van der Waals surface area (Å²) < 4.78 is 5.44. The summed E-state index contributed by atoms with van der Waals surface area (Å²) in [6.45, 7) is 4.80. The van der Waals surface area contributed by atoms with Crippen LogP contribution in [-0.2, 0) is 9.53 Å². The SMILES string of the molecule is CC(=O)NCC1CN(C)CCO1. The van der Waals surface area contributed by atoms with Gasteiger partial charge in [-0.2, -0.15) is 0 Å². The summed E-state index contributed by atoms with van der Waals surface area (Å²) in [5.41, 5.74) is 0. The van der Waals surface area contributed by atoms with Gasteiger partial charge in [-0.3, -0.25) is 4.79 Å². The Hall–Kier alpha value is -0.610. The summed E-state index contributed by atoms with van der Waals surface area (Å²) >= 11 is 0. The molecule has 1 fully saturated rings. The topological polar surface area (TPSA) is 41.6 Å². The van der Waals surface area contributed by atoms with E-state index in [1.54, 1.807) is 0 Å². The Morgan fingerprint density at radius 3 is 3.08 bits per heavy atom. The second kappa shape index (κ2) is 4.42. The molecule has 1 saturated heterocycles. The lowest BCUT2D eigenvalue weighted by molar-refractivity contribution is -0.120. The van der Waals surface area contributed by atoms with Gasteiger partial charge in [-0.25, -0.2) is 0 Å². The molecule has 0 aliphatic carbocycles. The molecule has 0 aromatic rings. The summed E-state index contributed by atoms with van der Waals surface area (Å²) in [5, 5.41) is 2.75. The first-order valence-corrected chi connectivity index (χ1v) is 4.23. The third kappa shape index (κ3) is 3.19. The Balaban J connectivity index is 2.18. The van der Waals surface area contributed by atoms with E-state index in [-0.39, 0.29) is 12.0 Å². The van der Waals surface area contributed by atoms with Crippen molar-refractivity contribution in [2.24, 2.45) is 0 Å². The van der Waals surface area contributed by atoms with Crippen LogP contribution < -0.4 is 5.32 Å². The van der Waals surface area contributed by atoms with Crippen LogP contribution in [0.3, 0.4) is 0 Å². The van der Waals surface area contributed by atoms with Gasteiger partial charge in [0.15, 0.2) is 0 Å². The van der Waals surface area contributed by atoms with Crippen LogP contribution in [0.15, 0.2) is 0 Å². The normalized spacial score (nSPS) is 25.3. The number of amides is 1. The van der Waals surface area contributed by atoms with E-state index in [2.05, 4.69) is 17.3 Å². The van der Waals surface area contributed by atoms with E-state index < -0.39 is 0 Å². The van der Waals surface area contributed by atoms with Crippen LogP contribution in [0.1, 0.15) is 6.92 Å². The van der Waals surface area contributed by atoms with Crippen molar-refractivity contribution in [2.45, 2.75) is 13.0 Å². The fourth-order valence-electron chi connectivity index (χ4n) is 1.25. The maximum absolute atomic E-state index is 10.6. The van der Waals surface area contributed by atoms with Crippen molar-refractivity contribution in [2.75, 3.05) is 33.3 Å². The molecule has 4 nitrogen and oxygen atoms in total. The molecule has 1 atom stereocenters. The lowest BCUT2D eigenvalue weighted by atomic mass is 10.3. The summed E-state index contributed by atoms with van der Waals surface area (Å²) in [4.78, 5) is 12.8. The number of hydrogen-bond donors (Lipinski definition) is 1. The lowest BCUT2D eigenvalue weighted by Gasteiger charge is -2.29. The Morgan fingerprint density at radius 1 is 1.75 bits per heavy atom. The molecular weight excluding hydrogens is 156 g/mol. The number of carbonyl (C=O) groups excluding carboxylic acids is 1. The molecule has 1 heterocycles. The molecule has 1 unspecified atom stereocenters. The predicted molar refractivity (Wildman–Crippen MR) is 45.9 cm³/mol. The molecule has 1 N–H and O–H groups in total. The summed E-state index contributed by atoms with van der Waals surface area (Å²) in [6, 6.07) is 0. The van der Waals surface area contributed by atoms with Crippen LogP contribution in [0.25, 0.3) is 0 Å². The number of rotatable bonds is 2. The maximum atomic E-state index is 10.6. The Kier molecular flexibility index (Phi) is 3.49. The molecule has 12 heavy (non-hydrogen) atoms. The monoisotopic (exact) mass is 172 g/mol. The third-order valence-electron chi connectivity index (χ3n) is 1.92. The van der Waals surface area contributed by atoms with Crippen molar-refractivity contribution in [1.82, 2.24) is 10.2 Å². The van der Waals surface area contributed by atoms with E-state index >= 15 is 0 Å². The van der Waals surface area contributed by atoms with Crippen molar-refractivity contribution < 1.29 is 9.53 Å². The van der Waals surface area contributed by atoms with Gasteiger partial charge in [-0.05, 0) is 7.05 Å². The standard InChI is InChI=1S/C8H16N2O2/c1-7(11)9-5-8-6-10(2)3-4-12-8/h8H,3-6H2,1-2H3,(H,9,11). The fourth-order valence-corrected chi connectivity index (χ4v) is 1.25. The Labute approximate surface area is 72.9 Å². The van der Waals surface area contributed by atoms with Gasteiger partial charge >= 0.3 is 0 Å². The second-order valence-electron chi connectivity index (χ2n) is 3.19. The van der Waals surface area contributed by atoms with Crippen LogP contribution in [0.5, 0.6) is 0 Å². The predicted octanol–water partition coefficient (Wildman–Crippen LogP) is -0.547. The smallest absolute Gasteiger partial charge is 0.216 e. The maximum Gasteiger partial charge on any atom is 0.216 e. The van der Waals surface area contributed by atoms with Crippen molar-refractivity contribution >= 4 is 5.91 Å². The third-order valence-corrected chi connectivity index (χ3v) is 1.92. The number of nitrogens with zero attached hydrogens (tertiary/aromatic N) is 1. The van der Waals surface area contributed by atoms with Crippen LogP contribution in [-0.4, -0.2) is 50.2 Å². The molecule has 1 rings (SSSR count). The first kappa shape index (κ1) is 9.48. The van der Waals surface area contributed by atoms with Crippen molar-refractivity contribution in [3.8, 4) is 0 Å². The van der Waals surface area contributed by atoms with Gasteiger partial charge in [-0.1, -0.05) is 0 Å². The Morgan fingerprint density at radius 2 is 2.50 bits per heavy atom. The molecule has 1 aliphatic rings. The Bertz CT molecular complexity index is 161. The van der Waals surface area contributed by atoms with Crippen LogP contribution in [0.4, 0.5) is 0 Å². The average Bonchev–Trinajstić information content (AvgIpc) is 2.01. The molecule has 70 valence electrons. The minimum atomic E-state index is 0.00632. The molecule has 0 aromatic heterocycles. The van der Waals surface area contributed by atoms with E-state index in [9.17, 15) is 4.79 Å². The molecule has 0 radical (unpaired) electrons. The van der Waals surface area contributed by atoms with Crippen LogP contribution >= 0.6 is 0 Å². The first-order valence-electron chi connectivity index (χ1n) is 4.23. The second-order valence-corrected chi connectivity index (χ2v) is 3.19.